The number of morpholine rings is 1. The first-order valence-electron chi connectivity index (χ1n) is 8.49. The van der Waals surface area contributed by atoms with Gasteiger partial charge in [0, 0.05) is 33.7 Å². The van der Waals surface area contributed by atoms with Gasteiger partial charge in [-0.2, -0.15) is 0 Å². The van der Waals surface area contributed by atoms with Crippen molar-refractivity contribution in [3.63, 3.8) is 0 Å². The van der Waals surface area contributed by atoms with E-state index in [0.717, 1.165) is 19.6 Å². The molecule has 0 unspecified atom stereocenters. The van der Waals surface area contributed by atoms with Gasteiger partial charge in [-0.3, -0.25) is 9.69 Å². The molecule has 0 spiro atoms. The molecule has 0 N–H and O–H groups in total. The Morgan fingerprint density at radius 3 is 2.75 bits per heavy atom. The zero-order chi connectivity index (χ0) is 17.7. The molecule has 24 heavy (non-hydrogen) atoms. The molecule has 5 heteroatoms. The van der Waals surface area contributed by atoms with Gasteiger partial charge >= 0.3 is 0 Å². The third-order valence-corrected chi connectivity index (χ3v) is 4.24. The molecule has 1 amide bonds. The maximum atomic E-state index is 11.6. The van der Waals surface area contributed by atoms with E-state index in [2.05, 4.69) is 49.9 Å². The number of hydrogen-bond donors (Lipinski definition) is 0. The first-order valence-corrected chi connectivity index (χ1v) is 8.49. The highest BCUT2D eigenvalue weighted by Gasteiger charge is 2.33. The van der Waals surface area contributed by atoms with Crippen LogP contribution in [0.2, 0.25) is 0 Å². The number of nitrogens with zero attached hydrogens (tertiary/aromatic N) is 2. The molecule has 0 aliphatic carbocycles. The summed E-state index contributed by atoms with van der Waals surface area (Å²) in [6, 6.07) is 8.48. The van der Waals surface area contributed by atoms with Gasteiger partial charge in [-0.1, -0.05) is 24.3 Å². The lowest BCUT2D eigenvalue weighted by atomic mass is 10.0. The lowest BCUT2D eigenvalue weighted by molar-refractivity contribution is -0.161. The van der Waals surface area contributed by atoms with Gasteiger partial charge in [0.2, 0.25) is 5.91 Å². The van der Waals surface area contributed by atoms with E-state index in [0.29, 0.717) is 6.61 Å². The van der Waals surface area contributed by atoms with Crippen molar-refractivity contribution in [3.05, 3.63) is 35.4 Å². The predicted molar refractivity (Wildman–Crippen MR) is 94.9 cm³/mol. The van der Waals surface area contributed by atoms with Crippen LogP contribution in [0.15, 0.2) is 24.3 Å². The SMILES string of the molecule is Cc1ccccc1CN1C[C@H](COCC(=O)N(C)C)OC(C)(C)C1. The highest BCUT2D eigenvalue weighted by Crippen LogP contribution is 2.23. The van der Waals surface area contributed by atoms with E-state index in [1.54, 1.807) is 14.1 Å². The van der Waals surface area contributed by atoms with Crippen molar-refractivity contribution < 1.29 is 14.3 Å². The van der Waals surface area contributed by atoms with E-state index in [9.17, 15) is 4.79 Å². The highest BCUT2D eigenvalue weighted by molar-refractivity contribution is 5.76. The van der Waals surface area contributed by atoms with Crippen molar-refractivity contribution in [2.45, 2.75) is 39.0 Å². The number of aryl methyl sites for hydroxylation is 1. The number of hydrogen-bond acceptors (Lipinski definition) is 4. The minimum Gasteiger partial charge on any atom is -0.369 e. The molecule has 1 fully saturated rings. The molecule has 2 rings (SSSR count). The summed E-state index contributed by atoms with van der Waals surface area (Å²) >= 11 is 0. The Kier molecular flexibility index (Phi) is 6.38. The van der Waals surface area contributed by atoms with Crippen molar-refractivity contribution in [3.8, 4) is 0 Å². The molecule has 1 aliphatic rings. The summed E-state index contributed by atoms with van der Waals surface area (Å²) in [5, 5.41) is 0. The largest absolute Gasteiger partial charge is 0.369 e. The third-order valence-electron chi connectivity index (χ3n) is 4.24. The van der Waals surface area contributed by atoms with Crippen molar-refractivity contribution in [2.24, 2.45) is 0 Å². The van der Waals surface area contributed by atoms with Gasteiger partial charge in [-0.15, -0.1) is 0 Å². The molecule has 0 radical (unpaired) electrons. The Bertz CT molecular complexity index is 557. The molecule has 0 saturated carbocycles. The third kappa shape index (κ3) is 5.58. The summed E-state index contributed by atoms with van der Waals surface area (Å²) in [6.07, 6.45) is -0.0206. The number of rotatable bonds is 6. The van der Waals surface area contributed by atoms with Crippen molar-refractivity contribution in [2.75, 3.05) is 40.4 Å². The molecule has 5 nitrogen and oxygen atoms in total. The van der Waals surface area contributed by atoms with E-state index < -0.39 is 0 Å². The second-order valence-electron chi connectivity index (χ2n) is 7.40. The maximum Gasteiger partial charge on any atom is 0.248 e. The Labute approximate surface area is 145 Å². The molecule has 1 saturated heterocycles. The van der Waals surface area contributed by atoms with E-state index in [-0.39, 0.29) is 24.2 Å². The van der Waals surface area contributed by atoms with Crippen LogP contribution in [0.3, 0.4) is 0 Å². The minimum atomic E-state index is -0.222. The fourth-order valence-corrected chi connectivity index (χ4v) is 3.06. The van der Waals surface area contributed by atoms with Gasteiger partial charge in [-0.05, 0) is 31.9 Å². The minimum absolute atomic E-state index is 0.0206. The average molecular weight is 334 g/mol. The standard InChI is InChI=1S/C19H30N2O3/c1-15-8-6-7-9-16(15)10-21-11-17(24-19(2,3)14-21)12-23-13-18(22)20(4)5/h6-9,17H,10-14H2,1-5H3/t17-/m1/s1. The van der Waals surface area contributed by atoms with E-state index in [1.165, 1.54) is 16.0 Å². The molecule has 0 bridgehead atoms. The smallest absolute Gasteiger partial charge is 0.248 e. The summed E-state index contributed by atoms with van der Waals surface area (Å²) in [5.41, 5.74) is 2.43. The average Bonchev–Trinajstić information content (AvgIpc) is 2.48. The Morgan fingerprint density at radius 1 is 1.38 bits per heavy atom. The van der Waals surface area contributed by atoms with Crippen LogP contribution in [-0.2, 0) is 20.8 Å². The monoisotopic (exact) mass is 334 g/mol. The van der Waals surface area contributed by atoms with Crippen LogP contribution in [0.5, 0.6) is 0 Å². The molecule has 1 aromatic carbocycles. The van der Waals surface area contributed by atoms with Crippen LogP contribution in [-0.4, -0.2) is 67.8 Å². The number of carbonyl (C=O) groups is 1. The number of carbonyl (C=O) groups excluding carboxylic acids is 1. The number of likely N-dealkylation sites (N-methyl/N-ethyl adjacent to an activating group) is 1. The van der Waals surface area contributed by atoms with Gasteiger partial charge in [0.1, 0.15) is 6.61 Å². The molecule has 0 aromatic heterocycles. The fraction of sp³-hybridized carbons (Fsp3) is 0.632. The molecular formula is C19H30N2O3. The molecule has 134 valence electrons. The molecule has 1 aromatic rings. The highest BCUT2D eigenvalue weighted by atomic mass is 16.5. The van der Waals surface area contributed by atoms with Crippen molar-refractivity contribution in [1.82, 2.24) is 9.80 Å². The fourth-order valence-electron chi connectivity index (χ4n) is 3.06. The van der Waals surface area contributed by atoms with Crippen LogP contribution < -0.4 is 0 Å². The molecule has 1 atom stereocenters. The van der Waals surface area contributed by atoms with Gasteiger partial charge in [0.25, 0.3) is 0 Å². The number of benzene rings is 1. The van der Waals surface area contributed by atoms with Crippen molar-refractivity contribution >= 4 is 5.91 Å². The Balaban J connectivity index is 1.91. The second-order valence-corrected chi connectivity index (χ2v) is 7.40. The maximum absolute atomic E-state index is 11.6. The summed E-state index contributed by atoms with van der Waals surface area (Å²) in [5.74, 6) is -0.0261. The van der Waals surface area contributed by atoms with Gasteiger partial charge in [0.05, 0.1) is 18.3 Å². The number of ether oxygens (including phenoxy) is 2. The summed E-state index contributed by atoms with van der Waals surface area (Å²) in [4.78, 5) is 15.6. The first-order chi connectivity index (χ1) is 11.3. The molecular weight excluding hydrogens is 304 g/mol. The second kappa shape index (κ2) is 8.10. The van der Waals surface area contributed by atoms with Crippen LogP contribution in [0.25, 0.3) is 0 Å². The zero-order valence-corrected chi connectivity index (χ0v) is 15.5. The molecule has 1 heterocycles. The Morgan fingerprint density at radius 2 is 2.08 bits per heavy atom. The van der Waals surface area contributed by atoms with Crippen LogP contribution in [0.4, 0.5) is 0 Å². The first kappa shape index (κ1) is 18.9. The van der Waals surface area contributed by atoms with Crippen LogP contribution in [0, 0.1) is 6.92 Å². The van der Waals surface area contributed by atoms with E-state index in [1.807, 2.05) is 0 Å². The van der Waals surface area contributed by atoms with Crippen LogP contribution >= 0.6 is 0 Å². The normalized spacial score (nSPS) is 20.8. The predicted octanol–water partition coefficient (Wildman–Crippen LogP) is 2.08. The lowest BCUT2D eigenvalue weighted by Crippen LogP contribution is -2.53. The Hall–Kier alpha value is -1.43. The van der Waals surface area contributed by atoms with Crippen molar-refractivity contribution in [1.29, 1.82) is 0 Å². The topological polar surface area (TPSA) is 42.0 Å². The van der Waals surface area contributed by atoms with Gasteiger partial charge in [0.15, 0.2) is 0 Å². The lowest BCUT2D eigenvalue weighted by Gasteiger charge is -2.43. The summed E-state index contributed by atoms with van der Waals surface area (Å²) in [6.45, 7) is 9.51. The van der Waals surface area contributed by atoms with E-state index in [4.69, 9.17) is 9.47 Å². The number of amides is 1. The quantitative estimate of drug-likeness (QED) is 0.799. The molecule has 1 aliphatic heterocycles. The van der Waals surface area contributed by atoms with Gasteiger partial charge in [-0.25, -0.2) is 0 Å². The van der Waals surface area contributed by atoms with E-state index >= 15 is 0 Å². The van der Waals surface area contributed by atoms with Crippen LogP contribution in [0.1, 0.15) is 25.0 Å². The zero-order valence-electron chi connectivity index (χ0n) is 15.5. The summed E-state index contributed by atoms with van der Waals surface area (Å²) < 4.78 is 11.7. The van der Waals surface area contributed by atoms with Gasteiger partial charge < -0.3 is 14.4 Å². The summed E-state index contributed by atoms with van der Waals surface area (Å²) in [7, 11) is 3.46.